The molecule has 0 aromatic heterocycles. The van der Waals surface area contributed by atoms with Crippen molar-refractivity contribution in [2.45, 2.75) is 30.1 Å². The smallest absolute Gasteiger partial charge is 0.390 e. The Hall–Kier alpha value is -0.750. The zero-order valence-electron chi connectivity index (χ0n) is 7.87. The van der Waals surface area contributed by atoms with E-state index < -0.39 is 36.7 Å². The van der Waals surface area contributed by atoms with Crippen molar-refractivity contribution in [1.29, 1.82) is 0 Å². The van der Waals surface area contributed by atoms with Gasteiger partial charge in [-0.1, -0.05) is 0 Å². The summed E-state index contributed by atoms with van der Waals surface area (Å²) in [5, 5.41) is 8.23. The molecule has 0 saturated carbocycles. The Morgan fingerprint density at radius 2 is 1.17 bits per heavy atom. The quantitative estimate of drug-likeness (QED) is 0.753. The van der Waals surface area contributed by atoms with E-state index in [4.69, 9.17) is 5.11 Å². The van der Waals surface area contributed by atoms with E-state index in [0.717, 1.165) is 0 Å². The Balaban J connectivity index is 3.34. The van der Waals surface area contributed by atoms with E-state index in [1.807, 2.05) is 0 Å². The van der Waals surface area contributed by atoms with Gasteiger partial charge in [-0.25, -0.2) is 0 Å². The van der Waals surface area contributed by atoms with Crippen LogP contribution in [0.1, 0.15) is 0 Å². The lowest BCUT2D eigenvalue weighted by molar-refractivity contribution is -0.595. The summed E-state index contributed by atoms with van der Waals surface area (Å²) >= 11 is 0. The second-order valence-corrected chi connectivity index (χ2v) is 3.22. The maximum Gasteiger partial charge on any atom is 0.446 e. The highest BCUT2D eigenvalue weighted by Crippen LogP contribution is 2.57. The van der Waals surface area contributed by atoms with Crippen LogP contribution >= 0.6 is 0 Å². The Morgan fingerprint density at radius 1 is 0.833 bits per heavy atom. The summed E-state index contributed by atoms with van der Waals surface area (Å²) in [7, 11) is 0. The molecular weight excluding hydrogens is 291 g/mol. The average Bonchev–Trinajstić information content (AvgIpc) is 2.11. The standard InChI is InChI=1S/C6H3F9O3/c7-3(8)5(12,13)17-2(1-16,4(9,10)11)18-6(3,14)15/h16H,1H2. The normalized spacial score (nSPS) is 29.0. The second-order valence-electron chi connectivity index (χ2n) is 3.22. The van der Waals surface area contributed by atoms with Crippen LogP contribution in [0.25, 0.3) is 0 Å². The third-order valence-electron chi connectivity index (χ3n) is 1.96. The van der Waals surface area contributed by atoms with E-state index in [9.17, 15) is 39.5 Å². The van der Waals surface area contributed by atoms with Gasteiger partial charge in [0.1, 0.15) is 6.61 Å². The first kappa shape index (κ1) is 15.3. The third kappa shape index (κ3) is 1.82. The first-order valence-corrected chi connectivity index (χ1v) is 3.94. The van der Waals surface area contributed by atoms with Crippen molar-refractivity contribution >= 4 is 0 Å². The zero-order chi connectivity index (χ0) is 14.6. The number of rotatable bonds is 1. The molecule has 1 rings (SSSR count). The molecule has 0 atom stereocenters. The van der Waals surface area contributed by atoms with E-state index in [1.165, 1.54) is 0 Å². The van der Waals surface area contributed by atoms with Crippen LogP contribution in [-0.4, -0.2) is 41.8 Å². The number of alkyl halides is 9. The fourth-order valence-electron chi connectivity index (χ4n) is 1.00. The van der Waals surface area contributed by atoms with E-state index in [2.05, 4.69) is 9.47 Å². The van der Waals surface area contributed by atoms with Gasteiger partial charge in [0.05, 0.1) is 0 Å². The highest BCUT2D eigenvalue weighted by atomic mass is 19.4. The Bertz CT molecular complexity index is 316. The topological polar surface area (TPSA) is 38.7 Å². The van der Waals surface area contributed by atoms with Gasteiger partial charge in [0, 0.05) is 0 Å². The molecule has 1 N–H and O–H groups in total. The van der Waals surface area contributed by atoms with Gasteiger partial charge in [0.15, 0.2) is 0 Å². The lowest BCUT2D eigenvalue weighted by atomic mass is 10.2. The number of ether oxygens (including phenoxy) is 2. The van der Waals surface area contributed by atoms with Crippen molar-refractivity contribution < 1.29 is 54.1 Å². The lowest BCUT2D eigenvalue weighted by Gasteiger charge is -2.46. The molecule has 0 aromatic rings. The molecule has 1 heterocycles. The Labute approximate surface area is 92.1 Å². The number of hydrogen-bond donors (Lipinski definition) is 1. The summed E-state index contributed by atoms with van der Waals surface area (Å²) in [6.45, 7) is -2.56. The van der Waals surface area contributed by atoms with Crippen molar-refractivity contribution in [3.63, 3.8) is 0 Å². The molecule has 0 aliphatic carbocycles. The van der Waals surface area contributed by atoms with Crippen molar-refractivity contribution in [1.82, 2.24) is 0 Å². The maximum absolute atomic E-state index is 12.5. The van der Waals surface area contributed by atoms with E-state index >= 15 is 0 Å². The van der Waals surface area contributed by atoms with Gasteiger partial charge in [0.25, 0.3) is 5.79 Å². The molecule has 12 heteroatoms. The van der Waals surface area contributed by atoms with Crippen LogP contribution in [0, 0.1) is 0 Å². The minimum atomic E-state index is -6.33. The van der Waals surface area contributed by atoms with Crippen molar-refractivity contribution in [3.05, 3.63) is 0 Å². The predicted octanol–water partition coefficient (Wildman–Crippen LogP) is 2.10. The monoisotopic (exact) mass is 294 g/mol. The maximum atomic E-state index is 12.5. The van der Waals surface area contributed by atoms with Gasteiger partial charge >= 0.3 is 24.3 Å². The van der Waals surface area contributed by atoms with Crippen molar-refractivity contribution in [2.75, 3.05) is 6.61 Å². The van der Waals surface area contributed by atoms with E-state index in [1.54, 1.807) is 0 Å². The Kier molecular flexibility index (Phi) is 3.09. The summed E-state index contributed by atoms with van der Waals surface area (Å²) in [4.78, 5) is 0. The highest BCUT2D eigenvalue weighted by Gasteiger charge is 2.85. The first-order valence-electron chi connectivity index (χ1n) is 3.94. The SMILES string of the molecule is OCC1(C(F)(F)F)OC(F)(F)C(F)(F)C(F)(F)O1. The number of aliphatic hydroxyl groups excluding tert-OH is 1. The van der Waals surface area contributed by atoms with Crippen LogP contribution in [0.2, 0.25) is 0 Å². The lowest BCUT2D eigenvalue weighted by Crippen LogP contribution is -2.72. The van der Waals surface area contributed by atoms with Crippen LogP contribution in [-0.2, 0) is 9.47 Å². The van der Waals surface area contributed by atoms with Crippen LogP contribution < -0.4 is 0 Å². The molecular formula is C6H3F9O3. The molecule has 108 valence electrons. The Morgan fingerprint density at radius 3 is 1.39 bits per heavy atom. The minimum Gasteiger partial charge on any atom is -0.390 e. The molecule has 0 spiro atoms. The molecule has 1 aliphatic rings. The molecule has 0 radical (unpaired) electrons. The van der Waals surface area contributed by atoms with Gasteiger partial charge in [-0.2, -0.15) is 39.5 Å². The summed E-state index contributed by atoms with van der Waals surface area (Å²) in [5.74, 6) is -11.3. The van der Waals surface area contributed by atoms with Crippen LogP contribution in [0.4, 0.5) is 39.5 Å². The molecule has 18 heavy (non-hydrogen) atoms. The average molecular weight is 294 g/mol. The summed E-state index contributed by atoms with van der Waals surface area (Å²) in [6, 6.07) is 0. The molecule has 1 saturated heterocycles. The van der Waals surface area contributed by atoms with Crippen molar-refractivity contribution in [2.24, 2.45) is 0 Å². The molecule has 1 aliphatic heterocycles. The molecule has 3 nitrogen and oxygen atoms in total. The molecule has 0 bridgehead atoms. The van der Waals surface area contributed by atoms with Crippen LogP contribution in [0.3, 0.4) is 0 Å². The largest absolute Gasteiger partial charge is 0.446 e. The number of hydrogen-bond acceptors (Lipinski definition) is 3. The van der Waals surface area contributed by atoms with Gasteiger partial charge in [-0.05, 0) is 0 Å². The van der Waals surface area contributed by atoms with Crippen LogP contribution in [0.5, 0.6) is 0 Å². The number of aliphatic hydroxyl groups is 1. The molecule has 1 fully saturated rings. The fraction of sp³-hybridized carbons (Fsp3) is 1.00. The predicted molar refractivity (Wildman–Crippen MR) is 32.9 cm³/mol. The van der Waals surface area contributed by atoms with Gasteiger partial charge in [-0.3, -0.25) is 9.47 Å². The molecule has 0 aromatic carbocycles. The summed E-state index contributed by atoms with van der Waals surface area (Å²) in [6.07, 6.45) is -18.5. The molecule has 0 amide bonds. The summed E-state index contributed by atoms with van der Waals surface area (Å²) in [5.41, 5.74) is 0. The molecule has 0 unspecified atom stereocenters. The van der Waals surface area contributed by atoms with Gasteiger partial charge < -0.3 is 5.11 Å². The minimum absolute atomic E-state index is 2.56. The second kappa shape index (κ2) is 3.63. The van der Waals surface area contributed by atoms with Gasteiger partial charge in [-0.15, -0.1) is 0 Å². The summed E-state index contributed by atoms with van der Waals surface area (Å²) < 4.78 is 117. The third-order valence-corrected chi connectivity index (χ3v) is 1.96. The zero-order valence-corrected chi connectivity index (χ0v) is 7.87. The fourth-order valence-corrected chi connectivity index (χ4v) is 1.00. The number of halogens is 9. The first-order chi connectivity index (χ1) is 7.72. The highest BCUT2D eigenvalue weighted by molar-refractivity contribution is 4.96. The van der Waals surface area contributed by atoms with Gasteiger partial charge in [0.2, 0.25) is 0 Å². The van der Waals surface area contributed by atoms with Crippen molar-refractivity contribution in [3.8, 4) is 0 Å². The van der Waals surface area contributed by atoms with E-state index in [0.29, 0.717) is 0 Å². The van der Waals surface area contributed by atoms with Crippen LogP contribution in [0.15, 0.2) is 0 Å². The van der Waals surface area contributed by atoms with E-state index in [-0.39, 0.29) is 0 Å².